The zero-order valence-corrected chi connectivity index (χ0v) is 15.0. The summed E-state index contributed by atoms with van der Waals surface area (Å²) in [5.74, 6) is -2.02. The number of carboxylic acid groups (broad SMARTS) is 1. The Balaban J connectivity index is 0.000000321. The lowest BCUT2D eigenvalue weighted by atomic mass is 9.91. The number of aliphatic carboxylic acids is 1. The van der Waals surface area contributed by atoms with Gasteiger partial charge in [-0.15, -0.1) is 0 Å². The van der Waals surface area contributed by atoms with Gasteiger partial charge in [0.1, 0.15) is 5.75 Å². The van der Waals surface area contributed by atoms with Crippen LogP contribution in [0.3, 0.4) is 0 Å². The van der Waals surface area contributed by atoms with Crippen molar-refractivity contribution >= 4 is 23.5 Å². The van der Waals surface area contributed by atoms with E-state index in [0.29, 0.717) is 11.4 Å². The summed E-state index contributed by atoms with van der Waals surface area (Å²) in [7, 11) is 0. The first-order chi connectivity index (χ1) is 12.6. The van der Waals surface area contributed by atoms with Gasteiger partial charge < -0.3 is 20.9 Å². The Bertz CT molecular complexity index is 691. The lowest BCUT2D eigenvalue weighted by Gasteiger charge is -2.27. The molecule has 3 rings (SSSR count). The maximum atomic E-state index is 12.2. The number of rotatable bonds is 2. The van der Waals surface area contributed by atoms with E-state index in [1.165, 1.54) is 0 Å². The third-order valence-electron chi connectivity index (χ3n) is 4.35. The van der Waals surface area contributed by atoms with Gasteiger partial charge in [-0.05, 0) is 49.4 Å². The molecule has 0 radical (unpaired) electrons. The molecule has 27 heavy (non-hydrogen) atoms. The molecule has 0 spiro atoms. The van der Waals surface area contributed by atoms with Crippen molar-refractivity contribution in [2.24, 2.45) is 5.73 Å². The average Bonchev–Trinajstić information content (AvgIpc) is 3.00. The maximum Gasteiger partial charge on any atom is 0.490 e. The topological polar surface area (TPSA) is 102 Å². The minimum atomic E-state index is -5.08. The second kappa shape index (κ2) is 8.79. The summed E-state index contributed by atoms with van der Waals surface area (Å²) >= 11 is 5.95. The molecular formula is C17H20ClF3N2O4. The monoisotopic (exact) mass is 408 g/mol. The van der Waals surface area contributed by atoms with Crippen molar-refractivity contribution in [3.05, 3.63) is 28.8 Å². The van der Waals surface area contributed by atoms with Crippen LogP contribution in [0.2, 0.25) is 5.02 Å². The first-order valence-electron chi connectivity index (χ1n) is 8.37. The van der Waals surface area contributed by atoms with Crippen molar-refractivity contribution in [2.75, 3.05) is 0 Å². The second-order valence-electron chi connectivity index (χ2n) is 6.49. The van der Waals surface area contributed by atoms with Crippen LogP contribution < -0.4 is 15.8 Å². The first-order valence-corrected chi connectivity index (χ1v) is 8.75. The first kappa shape index (κ1) is 21.3. The third kappa shape index (κ3) is 6.28. The number of ether oxygens (including phenoxy) is 1. The summed E-state index contributed by atoms with van der Waals surface area (Å²) in [5.41, 5.74) is 6.87. The normalized spacial score (nSPS) is 24.1. The number of amides is 1. The van der Waals surface area contributed by atoms with Crippen LogP contribution in [0.4, 0.5) is 13.2 Å². The van der Waals surface area contributed by atoms with Gasteiger partial charge in [-0.3, -0.25) is 4.79 Å². The van der Waals surface area contributed by atoms with Crippen molar-refractivity contribution in [1.82, 2.24) is 5.32 Å². The van der Waals surface area contributed by atoms with Gasteiger partial charge in [0.25, 0.3) is 5.91 Å². The zero-order chi connectivity index (χ0) is 20.2. The Kier molecular flexibility index (Phi) is 6.94. The van der Waals surface area contributed by atoms with E-state index in [0.717, 1.165) is 37.0 Å². The maximum absolute atomic E-state index is 12.2. The smallest absolute Gasteiger partial charge is 0.480 e. The van der Waals surface area contributed by atoms with Crippen LogP contribution in [0.1, 0.15) is 31.2 Å². The van der Waals surface area contributed by atoms with Gasteiger partial charge in [-0.25, -0.2) is 4.79 Å². The van der Waals surface area contributed by atoms with Gasteiger partial charge in [0.05, 0.1) is 0 Å². The van der Waals surface area contributed by atoms with Crippen molar-refractivity contribution in [3.8, 4) is 5.75 Å². The summed E-state index contributed by atoms with van der Waals surface area (Å²) in [6.45, 7) is 0. The van der Waals surface area contributed by atoms with Crippen molar-refractivity contribution < 1.29 is 32.6 Å². The third-order valence-corrected chi connectivity index (χ3v) is 4.59. The predicted octanol–water partition coefficient (Wildman–Crippen LogP) is 2.66. The van der Waals surface area contributed by atoms with Crippen LogP contribution in [0, 0.1) is 0 Å². The number of nitrogens with one attached hydrogen (secondary N) is 1. The second-order valence-corrected chi connectivity index (χ2v) is 6.92. The molecule has 10 heteroatoms. The molecule has 1 saturated carbocycles. The Morgan fingerprint density at radius 2 is 1.81 bits per heavy atom. The van der Waals surface area contributed by atoms with Gasteiger partial charge in [0.15, 0.2) is 6.10 Å². The summed E-state index contributed by atoms with van der Waals surface area (Å²) in [4.78, 5) is 21.1. The van der Waals surface area contributed by atoms with Crippen LogP contribution in [-0.4, -0.2) is 41.3 Å². The summed E-state index contributed by atoms with van der Waals surface area (Å²) in [5, 5.41) is 10.9. The van der Waals surface area contributed by atoms with E-state index in [1.54, 1.807) is 6.07 Å². The fourth-order valence-electron chi connectivity index (χ4n) is 2.92. The number of carbonyl (C=O) groups excluding carboxylic acids is 1. The van der Waals surface area contributed by atoms with Gasteiger partial charge in [-0.2, -0.15) is 13.2 Å². The Hall–Kier alpha value is -2.00. The molecular weight excluding hydrogens is 389 g/mol. The minimum absolute atomic E-state index is 0.0298. The van der Waals surface area contributed by atoms with Gasteiger partial charge in [0.2, 0.25) is 0 Å². The van der Waals surface area contributed by atoms with Crippen LogP contribution in [-0.2, 0) is 16.0 Å². The summed E-state index contributed by atoms with van der Waals surface area (Å²) in [6, 6.07) is 5.99. The van der Waals surface area contributed by atoms with Crippen molar-refractivity contribution in [1.29, 1.82) is 0 Å². The molecule has 1 amide bonds. The molecule has 4 N–H and O–H groups in total. The van der Waals surface area contributed by atoms with E-state index in [4.69, 9.17) is 32.0 Å². The summed E-state index contributed by atoms with van der Waals surface area (Å²) < 4.78 is 37.4. The van der Waals surface area contributed by atoms with Crippen LogP contribution in [0.5, 0.6) is 5.75 Å². The van der Waals surface area contributed by atoms with Gasteiger partial charge in [-0.1, -0.05) is 11.6 Å². The largest absolute Gasteiger partial charge is 0.490 e. The van der Waals surface area contributed by atoms with Gasteiger partial charge in [0, 0.05) is 23.5 Å². The van der Waals surface area contributed by atoms with Crippen molar-refractivity contribution in [2.45, 2.75) is 56.5 Å². The molecule has 1 fully saturated rings. The van der Waals surface area contributed by atoms with E-state index in [1.807, 2.05) is 12.1 Å². The molecule has 1 atom stereocenters. The van der Waals surface area contributed by atoms with Crippen LogP contribution >= 0.6 is 11.6 Å². The number of hydrogen-bond donors (Lipinski definition) is 3. The molecule has 2 aliphatic rings. The molecule has 0 unspecified atom stereocenters. The lowest BCUT2D eigenvalue weighted by Crippen LogP contribution is -2.45. The molecule has 0 aromatic heterocycles. The zero-order valence-electron chi connectivity index (χ0n) is 14.3. The van der Waals surface area contributed by atoms with Crippen molar-refractivity contribution in [3.63, 3.8) is 0 Å². The standard InChI is InChI=1S/C15H19ClN2O2.C2HF3O2/c16-10-1-6-13-9(7-10)8-14(20-13)15(19)18-12-4-2-11(17)3-5-12;3-2(4,5)1(6)7/h1,6-7,11-12,14H,2-5,8,17H2,(H,18,19);(H,6,7)/t11?,12?,14-;/m0./s1. The Morgan fingerprint density at radius 3 is 2.37 bits per heavy atom. The van der Waals surface area contributed by atoms with Gasteiger partial charge >= 0.3 is 12.1 Å². The number of benzene rings is 1. The number of carboxylic acids is 1. The number of nitrogens with two attached hydrogens (primary N) is 1. The van der Waals surface area contributed by atoms with E-state index in [9.17, 15) is 18.0 Å². The number of fused-ring (bicyclic) bond motifs is 1. The van der Waals surface area contributed by atoms with Crippen LogP contribution in [0.15, 0.2) is 18.2 Å². The number of carbonyl (C=O) groups is 2. The fourth-order valence-corrected chi connectivity index (χ4v) is 3.12. The highest BCUT2D eigenvalue weighted by atomic mass is 35.5. The fraction of sp³-hybridized carbons (Fsp3) is 0.529. The van der Waals surface area contributed by atoms with E-state index < -0.39 is 18.2 Å². The molecule has 1 aliphatic carbocycles. The molecule has 0 bridgehead atoms. The lowest BCUT2D eigenvalue weighted by molar-refractivity contribution is -0.192. The highest BCUT2D eigenvalue weighted by molar-refractivity contribution is 6.30. The highest BCUT2D eigenvalue weighted by Gasteiger charge is 2.38. The Morgan fingerprint density at radius 1 is 1.22 bits per heavy atom. The molecule has 0 saturated heterocycles. The quantitative estimate of drug-likeness (QED) is 0.698. The highest BCUT2D eigenvalue weighted by Crippen LogP contribution is 2.31. The molecule has 1 aliphatic heterocycles. The summed E-state index contributed by atoms with van der Waals surface area (Å²) in [6.07, 6.45) is -1.05. The van der Waals surface area contributed by atoms with Crippen LogP contribution in [0.25, 0.3) is 0 Å². The minimum Gasteiger partial charge on any atom is -0.480 e. The molecule has 1 aromatic carbocycles. The van der Waals surface area contributed by atoms with E-state index >= 15 is 0 Å². The molecule has 150 valence electrons. The average molecular weight is 409 g/mol. The SMILES string of the molecule is NC1CCC(NC(=O)[C@@H]2Cc3cc(Cl)ccc3O2)CC1.O=C(O)C(F)(F)F. The molecule has 6 nitrogen and oxygen atoms in total. The number of hydrogen-bond acceptors (Lipinski definition) is 4. The number of halogens is 4. The predicted molar refractivity (Wildman–Crippen MR) is 91.6 cm³/mol. The number of alkyl halides is 3. The van der Waals surface area contributed by atoms with E-state index in [-0.39, 0.29) is 18.0 Å². The molecule has 1 aromatic rings. The molecule has 1 heterocycles. The Labute approximate surface area is 158 Å². The van der Waals surface area contributed by atoms with E-state index in [2.05, 4.69) is 5.32 Å².